The minimum absolute atomic E-state index is 0.121. The first-order valence-electron chi connectivity index (χ1n) is 5.92. The molecule has 1 rings (SSSR count). The first kappa shape index (κ1) is 14.4. The van der Waals surface area contributed by atoms with Gasteiger partial charge in [-0.2, -0.15) is 5.10 Å². The van der Waals surface area contributed by atoms with Crippen LogP contribution in [0.5, 0.6) is 0 Å². The highest BCUT2D eigenvalue weighted by atomic mass is 16.3. The second-order valence-corrected chi connectivity index (χ2v) is 5.28. The summed E-state index contributed by atoms with van der Waals surface area (Å²) in [5.74, 6) is -0.516. The number of benzene rings is 1. The molecule has 0 aromatic heterocycles. The van der Waals surface area contributed by atoms with Crippen LogP contribution in [0.2, 0.25) is 0 Å². The fraction of sp³-hybridized carbons (Fsp3) is 0.429. The lowest BCUT2D eigenvalue weighted by Gasteiger charge is -2.18. The standard InChI is InChI=1S/C14H20N2O2/c1-10(17)13(18)16-15-9-11-5-7-12(8-6-11)14(2,3)4/h5-10,17H,1-4H3,(H,16,18)/b15-9-/t10-/m0/s1. The van der Waals surface area contributed by atoms with E-state index in [1.54, 1.807) is 6.21 Å². The van der Waals surface area contributed by atoms with Gasteiger partial charge in [-0.3, -0.25) is 4.79 Å². The van der Waals surface area contributed by atoms with Crippen molar-refractivity contribution in [2.75, 3.05) is 0 Å². The maximum atomic E-state index is 11.0. The third-order valence-electron chi connectivity index (χ3n) is 2.54. The van der Waals surface area contributed by atoms with E-state index in [-0.39, 0.29) is 5.41 Å². The monoisotopic (exact) mass is 248 g/mol. The molecule has 0 saturated carbocycles. The van der Waals surface area contributed by atoms with Crippen molar-refractivity contribution in [2.24, 2.45) is 5.10 Å². The van der Waals surface area contributed by atoms with Gasteiger partial charge in [0.1, 0.15) is 6.10 Å². The lowest BCUT2D eigenvalue weighted by Crippen LogP contribution is -2.28. The van der Waals surface area contributed by atoms with E-state index < -0.39 is 12.0 Å². The summed E-state index contributed by atoms with van der Waals surface area (Å²) >= 11 is 0. The van der Waals surface area contributed by atoms with Crippen LogP contribution in [0.25, 0.3) is 0 Å². The van der Waals surface area contributed by atoms with Crippen LogP contribution < -0.4 is 5.43 Å². The zero-order valence-corrected chi connectivity index (χ0v) is 11.3. The minimum Gasteiger partial charge on any atom is -0.383 e. The summed E-state index contributed by atoms with van der Waals surface area (Å²) in [7, 11) is 0. The quantitative estimate of drug-likeness (QED) is 0.633. The van der Waals surface area contributed by atoms with Gasteiger partial charge >= 0.3 is 0 Å². The Hall–Kier alpha value is -1.68. The maximum Gasteiger partial charge on any atom is 0.268 e. The van der Waals surface area contributed by atoms with Crippen LogP contribution in [0.1, 0.15) is 38.8 Å². The number of amides is 1. The first-order valence-corrected chi connectivity index (χ1v) is 5.92. The van der Waals surface area contributed by atoms with Gasteiger partial charge in [0, 0.05) is 0 Å². The van der Waals surface area contributed by atoms with E-state index in [0.717, 1.165) is 5.56 Å². The normalized spacial score (nSPS) is 13.6. The molecule has 1 amide bonds. The van der Waals surface area contributed by atoms with Crippen molar-refractivity contribution in [3.63, 3.8) is 0 Å². The molecule has 4 nitrogen and oxygen atoms in total. The van der Waals surface area contributed by atoms with E-state index in [2.05, 4.69) is 31.3 Å². The molecule has 1 atom stereocenters. The number of hydrazone groups is 1. The zero-order valence-electron chi connectivity index (χ0n) is 11.3. The Kier molecular flexibility index (Phi) is 4.62. The van der Waals surface area contributed by atoms with Crippen LogP contribution >= 0.6 is 0 Å². The Bertz CT molecular complexity index is 428. The van der Waals surface area contributed by atoms with E-state index >= 15 is 0 Å². The van der Waals surface area contributed by atoms with Gasteiger partial charge in [0.15, 0.2) is 0 Å². The third-order valence-corrected chi connectivity index (χ3v) is 2.54. The Morgan fingerprint density at radius 2 is 1.89 bits per heavy atom. The molecule has 18 heavy (non-hydrogen) atoms. The molecule has 0 unspecified atom stereocenters. The van der Waals surface area contributed by atoms with Gasteiger partial charge in [-0.1, -0.05) is 45.0 Å². The van der Waals surface area contributed by atoms with Crippen LogP contribution in [-0.4, -0.2) is 23.3 Å². The van der Waals surface area contributed by atoms with Gasteiger partial charge in [-0.25, -0.2) is 5.43 Å². The van der Waals surface area contributed by atoms with Gasteiger partial charge in [0.25, 0.3) is 5.91 Å². The summed E-state index contributed by atoms with van der Waals surface area (Å²) in [5, 5.41) is 12.7. The summed E-state index contributed by atoms with van der Waals surface area (Å²) in [6, 6.07) is 7.97. The number of aliphatic hydroxyl groups is 1. The molecular weight excluding hydrogens is 228 g/mol. The van der Waals surface area contributed by atoms with Gasteiger partial charge in [-0.05, 0) is 23.5 Å². The van der Waals surface area contributed by atoms with Gasteiger partial charge in [-0.15, -0.1) is 0 Å². The molecule has 0 spiro atoms. The summed E-state index contributed by atoms with van der Waals surface area (Å²) in [6.07, 6.45) is 0.498. The molecule has 0 radical (unpaired) electrons. The fourth-order valence-electron chi connectivity index (χ4n) is 1.33. The minimum atomic E-state index is -1.05. The van der Waals surface area contributed by atoms with Crippen LogP contribution in [0.4, 0.5) is 0 Å². The number of carbonyl (C=O) groups excluding carboxylic acids is 1. The highest BCUT2D eigenvalue weighted by Gasteiger charge is 2.12. The molecule has 1 aromatic carbocycles. The number of aliphatic hydroxyl groups excluding tert-OH is 1. The van der Waals surface area contributed by atoms with Crippen molar-refractivity contribution in [1.82, 2.24) is 5.43 Å². The number of nitrogens with zero attached hydrogens (tertiary/aromatic N) is 1. The molecular formula is C14H20N2O2. The summed E-state index contributed by atoms with van der Waals surface area (Å²) < 4.78 is 0. The zero-order chi connectivity index (χ0) is 13.8. The molecule has 0 saturated heterocycles. The maximum absolute atomic E-state index is 11.0. The van der Waals surface area contributed by atoms with Gasteiger partial charge in [0.2, 0.25) is 0 Å². The first-order chi connectivity index (χ1) is 8.30. The molecule has 0 aliphatic rings. The van der Waals surface area contributed by atoms with E-state index in [0.29, 0.717) is 0 Å². The molecule has 1 aromatic rings. The Labute approximate surface area is 108 Å². The summed E-state index contributed by atoms with van der Waals surface area (Å²) in [5.41, 5.74) is 4.52. The number of hydrogen-bond acceptors (Lipinski definition) is 3. The second-order valence-electron chi connectivity index (χ2n) is 5.28. The van der Waals surface area contributed by atoms with Crippen molar-refractivity contribution >= 4 is 12.1 Å². The van der Waals surface area contributed by atoms with Crippen molar-refractivity contribution in [2.45, 2.75) is 39.2 Å². The predicted molar refractivity (Wildman–Crippen MR) is 72.6 cm³/mol. The number of carbonyl (C=O) groups is 1. The molecule has 0 aliphatic carbocycles. The van der Waals surface area contributed by atoms with Crippen molar-refractivity contribution in [3.05, 3.63) is 35.4 Å². The summed E-state index contributed by atoms with van der Waals surface area (Å²) in [6.45, 7) is 7.85. The van der Waals surface area contributed by atoms with Gasteiger partial charge < -0.3 is 5.11 Å². The van der Waals surface area contributed by atoms with E-state index in [1.165, 1.54) is 12.5 Å². The lowest BCUT2D eigenvalue weighted by atomic mass is 9.87. The molecule has 0 heterocycles. The second kappa shape index (κ2) is 5.78. The fourth-order valence-corrected chi connectivity index (χ4v) is 1.33. The average Bonchev–Trinajstić information content (AvgIpc) is 2.28. The van der Waals surface area contributed by atoms with E-state index in [9.17, 15) is 4.79 Å². The van der Waals surface area contributed by atoms with Crippen molar-refractivity contribution < 1.29 is 9.90 Å². The Morgan fingerprint density at radius 1 is 1.33 bits per heavy atom. The smallest absolute Gasteiger partial charge is 0.268 e. The summed E-state index contributed by atoms with van der Waals surface area (Å²) in [4.78, 5) is 11.0. The largest absolute Gasteiger partial charge is 0.383 e. The SMILES string of the molecule is C[C@H](O)C(=O)N/N=C\c1ccc(C(C)(C)C)cc1. The molecule has 0 bridgehead atoms. The van der Waals surface area contributed by atoms with Crippen LogP contribution in [-0.2, 0) is 10.2 Å². The predicted octanol–water partition coefficient (Wildman–Crippen LogP) is 1.81. The molecule has 2 N–H and O–H groups in total. The van der Waals surface area contributed by atoms with E-state index in [1.807, 2.05) is 24.3 Å². The number of nitrogens with one attached hydrogen (secondary N) is 1. The van der Waals surface area contributed by atoms with Crippen LogP contribution in [0, 0.1) is 0 Å². The molecule has 98 valence electrons. The average molecular weight is 248 g/mol. The van der Waals surface area contributed by atoms with Gasteiger partial charge in [0.05, 0.1) is 6.21 Å². The number of hydrogen-bond donors (Lipinski definition) is 2. The lowest BCUT2D eigenvalue weighted by molar-refractivity contribution is -0.128. The number of rotatable bonds is 3. The van der Waals surface area contributed by atoms with Crippen LogP contribution in [0.15, 0.2) is 29.4 Å². The topological polar surface area (TPSA) is 61.7 Å². The highest BCUT2D eigenvalue weighted by molar-refractivity contribution is 5.83. The van der Waals surface area contributed by atoms with E-state index in [4.69, 9.17) is 5.11 Å². The molecule has 0 fully saturated rings. The Morgan fingerprint density at radius 3 is 2.33 bits per heavy atom. The third kappa shape index (κ3) is 4.30. The Balaban J connectivity index is 2.64. The molecule has 4 heteroatoms. The van der Waals surface area contributed by atoms with Crippen LogP contribution in [0.3, 0.4) is 0 Å². The highest BCUT2D eigenvalue weighted by Crippen LogP contribution is 2.21. The van der Waals surface area contributed by atoms with Crippen molar-refractivity contribution in [3.8, 4) is 0 Å². The van der Waals surface area contributed by atoms with Crippen molar-refractivity contribution in [1.29, 1.82) is 0 Å². The molecule has 0 aliphatic heterocycles.